The van der Waals surface area contributed by atoms with Gasteiger partial charge in [0.2, 0.25) is 0 Å². The number of carbonyl (C=O) groups is 1. The Morgan fingerprint density at radius 2 is 2.11 bits per heavy atom. The number of halogens is 1. The smallest absolute Gasteiger partial charge is 0.338 e. The van der Waals surface area contributed by atoms with Crippen LogP contribution in [0.15, 0.2) is 41.1 Å². The van der Waals surface area contributed by atoms with Gasteiger partial charge in [-0.05, 0) is 24.6 Å². The summed E-state index contributed by atoms with van der Waals surface area (Å²) in [5, 5.41) is 3.54. The average molecular weight is 249 g/mol. The highest BCUT2D eigenvalue weighted by atomic mass is 19.1. The van der Waals surface area contributed by atoms with Crippen LogP contribution in [-0.4, -0.2) is 17.7 Å². The maximum Gasteiger partial charge on any atom is 0.338 e. The van der Waals surface area contributed by atoms with Crippen molar-refractivity contribution in [3.05, 3.63) is 53.4 Å². The van der Waals surface area contributed by atoms with Crippen LogP contribution in [0.2, 0.25) is 0 Å². The molecule has 0 radical (unpaired) electrons. The molecule has 1 atom stereocenters. The number of hydrogen-bond acceptors (Lipinski definition) is 4. The van der Waals surface area contributed by atoms with Gasteiger partial charge in [0, 0.05) is 6.07 Å². The Morgan fingerprint density at radius 1 is 1.39 bits per heavy atom. The van der Waals surface area contributed by atoms with Crippen LogP contribution in [0.3, 0.4) is 0 Å². The summed E-state index contributed by atoms with van der Waals surface area (Å²) in [4.78, 5) is 11.4. The molecule has 94 valence electrons. The summed E-state index contributed by atoms with van der Waals surface area (Å²) in [5.41, 5.74) is 1.02. The predicted molar refractivity (Wildman–Crippen MR) is 61.9 cm³/mol. The summed E-state index contributed by atoms with van der Waals surface area (Å²) in [6, 6.07) is 7.58. The second-order valence-electron chi connectivity index (χ2n) is 3.63. The highest BCUT2D eigenvalue weighted by Gasteiger charge is 2.16. The minimum absolute atomic E-state index is 0.207. The van der Waals surface area contributed by atoms with Crippen molar-refractivity contribution in [1.82, 2.24) is 5.16 Å². The minimum atomic E-state index is -1.36. The van der Waals surface area contributed by atoms with Gasteiger partial charge in [0.15, 0.2) is 6.17 Å². The molecule has 0 N–H and O–H groups in total. The van der Waals surface area contributed by atoms with Crippen LogP contribution in [-0.2, 0) is 4.74 Å². The molecule has 1 aromatic carbocycles. The first-order valence-electron chi connectivity index (χ1n) is 5.53. The van der Waals surface area contributed by atoms with E-state index in [0.717, 1.165) is 0 Å². The standard InChI is InChI=1S/C13H12FNO3/c1-2-17-13(16)10-5-3-9(4-6-10)12(14)11-7-8-18-15-11/h3-8,12H,2H2,1H3. The van der Waals surface area contributed by atoms with E-state index in [1.54, 1.807) is 6.92 Å². The Hall–Kier alpha value is -2.17. The van der Waals surface area contributed by atoms with Crippen molar-refractivity contribution in [2.45, 2.75) is 13.1 Å². The number of nitrogens with zero attached hydrogens (tertiary/aromatic N) is 1. The molecule has 0 bridgehead atoms. The number of alkyl halides is 1. The van der Waals surface area contributed by atoms with Gasteiger partial charge in [-0.1, -0.05) is 17.3 Å². The van der Waals surface area contributed by atoms with Crippen molar-refractivity contribution in [2.75, 3.05) is 6.61 Å². The maximum atomic E-state index is 13.9. The van der Waals surface area contributed by atoms with Crippen LogP contribution in [0.1, 0.15) is 34.7 Å². The Balaban J connectivity index is 2.15. The Kier molecular flexibility index (Phi) is 3.72. The number of hydrogen-bond donors (Lipinski definition) is 0. The first-order valence-corrected chi connectivity index (χ1v) is 5.53. The average Bonchev–Trinajstić information content (AvgIpc) is 2.92. The molecule has 2 rings (SSSR count). The fraction of sp³-hybridized carbons (Fsp3) is 0.231. The lowest BCUT2D eigenvalue weighted by Gasteiger charge is -2.06. The normalized spacial score (nSPS) is 12.1. The molecule has 0 amide bonds. The second-order valence-corrected chi connectivity index (χ2v) is 3.63. The molecule has 2 aromatic rings. The zero-order chi connectivity index (χ0) is 13.0. The fourth-order valence-corrected chi connectivity index (χ4v) is 1.53. The maximum absolute atomic E-state index is 13.9. The molecule has 0 saturated heterocycles. The molecular weight excluding hydrogens is 237 g/mol. The van der Waals surface area contributed by atoms with Gasteiger partial charge in [-0.3, -0.25) is 0 Å². The Labute approximate surface area is 103 Å². The van der Waals surface area contributed by atoms with Gasteiger partial charge in [0.25, 0.3) is 0 Å². The van der Waals surface area contributed by atoms with E-state index in [2.05, 4.69) is 9.68 Å². The number of ether oxygens (including phenoxy) is 1. The van der Waals surface area contributed by atoms with Crippen molar-refractivity contribution >= 4 is 5.97 Å². The molecule has 0 aliphatic carbocycles. The molecule has 18 heavy (non-hydrogen) atoms. The van der Waals surface area contributed by atoms with Crippen LogP contribution in [0.25, 0.3) is 0 Å². The SMILES string of the molecule is CCOC(=O)c1ccc(C(F)c2ccon2)cc1. The van der Waals surface area contributed by atoms with Crippen LogP contribution in [0.4, 0.5) is 4.39 Å². The van der Waals surface area contributed by atoms with Crippen molar-refractivity contribution in [3.63, 3.8) is 0 Å². The van der Waals surface area contributed by atoms with E-state index >= 15 is 0 Å². The van der Waals surface area contributed by atoms with Gasteiger partial charge in [-0.25, -0.2) is 9.18 Å². The number of esters is 1. The lowest BCUT2D eigenvalue weighted by molar-refractivity contribution is 0.0526. The van der Waals surface area contributed by atoms with Gasteiger partial charge in [0.1, 0.15) is 12.0 Å². The molecule has 5 heteroatoms. The molecule has 4 nitrogen and oxygen atoms in total. The predicted octanol–water partition coefficient (Wildman–Crippen LogP) is 2.91. The largest absolute Gasteiger partial charge is 0.462 e. The summed E-state index contributed by atoms with van der Waals surface area (Å²) in [5.74, 6) is -0.416. The van der Waals surface area contributed by atoms with Gasteiger partial charge < -0.3 is 9.26 Å². The quantitative estimate of drug-likeness (QED) is 0.782. The summed E-state index contributed by atoms with van der Waals surface area (Å²) in [6.45, 7) is 2.04. The third-order valence-electron chi connectivity index (χ3n) is 2.43. The van der Waals surface area contributed by atoms with Crippen molar-refractivity contribution in [1.29, 1.82) is 0 Å². The van der Waals surface area contributed by atoms with E-state index in [-0.39, 0.29) is 5.69 Å². The molecule has 0 fully saturated rings. The van der Waals surface area contributed by atoms with E-state index in [1.165, 1.54) is 36.6 Å². The van der Waals surface area contributed by atoms with Crippen molar-refractivity contribution in [3.8, 4) is 0 Å². The molecule has 1 unspecified atom stereocenters. The van der Waals surface area contributed by atoms with Gasteiger partial charge in [0.05, 0.1) is 12.2 Å². The first-order chi connectivity index (χ1) is 8.72. The third kappa shape index (κ3) is 2.56. The van der Waals surface area contributed by atoms with Gasteiger partial charge in [-0.15, -0.1) is 0 Å². The van der Waals surface area contributed by atoms with E-state index in [4.69, 9.17) is 4.74 Å². The van der Waals surface area contributed by atoms with Crippen LogP contribution >= 0.6 is 0 Å². The monoisotopic (exact) mass is 249 g/mol. The number of aromatic nitrogens is 1. The van der Waals surface area contributed by atoms with Crippen molar-refractivity contribution < 1.29 is 18.4 Å². The molecule has 0 saturated carbocycles. The van der Waals surface area contributed by atoms with Gasteiger partial charge >= 0.3 is 5.97 Å². The van der Waals surface area contributed by atoms with Crippen LogP contribution in [0, 0.1) is 0 Å². The lowest BCUT2D eigenvalue weighted by atomic mass is 10.1. The van der Waals surface area contributed by atoms with Gasteiger partial charge in [-0.2, -0.15) is 0 Å². The summed E-state index contributed by atoms with van der Waals surface area (Å²) >= 11 is 0. The molecule has 0 aliphatic rings. The summed E-state index contributed by atoms with van der Waals surface area (Å²) < 4.78 is 23.4. The number of benzene rings is 1. The summed E-state index contributed by atoms with van der Waals surface area (Å²) in [7, 11) is 0. The van der Waals surface area contributed by atoms with Crippen LogP contribution < -0.4 is 0 Å². The van der Waals surface area contributed by atoms with E-state index < -0.39 is 12.1 Å². The third-order valence-corrected chi connectivity index (χ3v) is 2.43. The minimum Gasteiger partial charge on any atom is -0.462 e. The van der Waals surface area contributed by atoms with E-state index in [1.807, 2.05) is 0 Å². The molecule has 0 aliphatic heterocycles. The summed E-state index contributed by atoms with van der Waals surface area (Å²) in [6.07, 6.45) is -0.0467. The highest BCUT2D eigenvalue weighted by molar-refractivity contribution is 5.89. The lowest BCUT2D eigenvalue weighted by Crippen LogP contribution is -2.04. The number of rotatable bonds is 4. The fourth-order valence-electron chi connectivity index (χ4n) is 1.53. The molecule has 1 aromatic heterocycles. The van der Waals surface area contributed by atoms with E-state index in [0.29, 0.717) is 17.7 Å². The highest BCUT2D eigenvalue weighted by Crippen LogP contribution is 2.24. The Morgan fingerprint density at radius 3 is 2.67 bits per heavy atom. The molecule has 1 heterocycles. The second kappa shape index (κ2) is 5.44. The number of carbonyl (C=O) groups excluding carboxylic acids is 1. The topological polar surface area (TPSA) is 52.3 Å². The van der Waals surface area contributed by atoms with Crippen LogP contribution in [0.5, 0.6) is 0 Å². The van der Waals surface area contributed by atoms with E-state index in [9.17, 15) is 9.18 Å². The Bertz CT molecular complexity index is 508. The zero-order valence-corrected chi connectivity index (χ0v) is 9.80. The zero-order valence-electron chi connectivity index (χ0n) is 9.80. The molecule has 0 spiro atoms. The van der Waals surface area contributed by atoms with Crippen molar-refractivity contribution in [2.24, 2.45) is 0 Å². The first kappa shape index (κ1) is 12.3. The molecular formula is C13H12FNO3.